The molecule has 1 saturated carbocycles. The quantitative estimate of drug-likeness (QED) is 0.756. The molecule has 0 aromatic carbocycles. The summed E-state index contributed by atoms with van der Waals surface area (Å²) in [5, 5.41) is 12.2. The number of nitrogens with one attached hydrogen (secondary N) is 1. The Kier molecular flexibility index (Phi) is 2.97. The molecule has 15 heavy (non-hydrogen) atoms. The highest BCUT2D eigenvalue weighted by molar-refractivity contribution is 5.87. The molecule has 0 aliphatic heterocycles. The van der Waals surface area contributed by atoms with Crippen LogP contribution in [-0.2, 0) is 6.42 Å². The molecular formula is C11H14N2O2. The zero-order valence-electron chi connectivity index (χ0n) is 8.44. The van der Waals surface area contributed by atoms with Gasteiger partial charge in [-0.2, -0.15) is 0 Å². The van der Waals surface area contributed by atoms with Crippen LogP contribution in [0, 0.1) is 0 Å². The predicted molar refractivity (Wildman–Crippen MR) is 55.9 cm³/mol. The maximum absolute atomic E-state index is 10.7. The first kappa shape index (κ1) is 10.1. The maximum atomic E-state index is 10.7. The third kappa shape index (κ3) is 3.02. The molecule has 4 heteroatoms. The van der Waals surface area contributed by atoms with Crippen molar-refractivity contribution >= 4 is 5.97 Å². The Morgan fingerprint density at radius 2 is 2.40 bits per heavy atom. The molecule has 1 aromatic heterocycles. The van der Waals surface area contributed by atoms with Crippen LogP contribution in [0.4, 0.5) is 0 Å². The average Bonchev–Trinajstić information content (AvgIpc) is 3.02. The van der Waals surface area contributed by atoms with Crippen LogP contribution in [-0.4, -0.2) is 28.6 Å². The van der Waals surface area contributed by atoms with E-state index in [0.717, 1.165) is 18.7 Å². The molecule has 0 spiro atoms. The smallest absolute Gasteiger partial charge is 0.335 e. The molecule has 1 fully saturated rings. The van der Waals surface area contributed by atoms with Crippen molar-refractivity contribution in [2.75, 3.05) is 6.54 Å². The summed E-state index contributed by atoms with van der Waals surface area (Å²) in [5.74, 6) is -0.895. The summed E-state index contributed by atoms with van der Waals surface area (Å²) in [6.45, 7) is 0.876. The summed E-state index contributed by atoms with van der Waals surface area (Å²) in [7, 11) is 0. The number of rotatable bonds is 5. The highest BCUT2D eigenvalue weighted by Crippen LogP contribution is 2.18. The largest absolute Gasteiger partial charge is 0.478 e. The number of aromatic nitrogens is 1. The van der Waals surface area contributed by atoms with E-state index < -0.39 is 5.97 Å². The fourth-order valence-electron chi connectivity index (χ4n) is 1.44. The van der Waals surface area contributed by atoms with Crippen molar-refractivity contribution < 1.29 is 9.90 Å². The zero-order valence-corrected chi connectivity index (χ0v) is 8.44. The molecule has 0 saturated heterocycles. The number of pyridine rings is 1. The minimum Gasteiger partial charge on any atom is -0.478 e. The van der Waals surface area contributed by atoms with Gasteiger partial charge in [0.2, 0.25) is 0 Å². The Morgan fingerprint density at radius 1 is 1.60 bits per heavy atom. The highest BCUT2D eigenvalue weighted by atomic mass is 16.4. The van der Waals surface area contributed by atoms with Gasteiger partial charge in [-0.05, 0) is 25.0 Å². The lowest BCUT2D eigenvalue weighted by molar-refractivity contribution is 0.0696. The van der Waals surface area contributed by atoms with Crippen LogP contribution in [0.25, 0.3) is 0 Å². The van der Waals surface area contributed by atoms with E-state index in [-0.39, 0.29) is 0 Å². The summed E-state index contributed by atoms with van der Waals surface area (Å²) in [5.41, 5.74) is 1.15. The Morgan fingerprint density at radius 3 is 3.07 bits per heavy atom. The Labute approximate surface area is 88.3 Å². The molecule has 0 unspecified atom stereocenters. The van der Waals surface area contributed by atoms with E-state index in [9.17, 15) is 4.79 Å². The van der Waals surface area contributed by atoms with Gasteiger partial charge in [0.15, 0.2) is 0 Å². The number of nitrogens with zero attached hydrogens (tertiary/aromatic N) is 1. The third-order valence-corrected chi connectivity index (χ3v) is 2.46. The van der Waals surface area contributed by atoms with Gasteiger partial charge in [-0.25, -0.2) is 4.79 Å². The van der Waals surface area contributed by atoms with E-state index in [1.807, 2.05) is 0 Å². The van der Waals surface area contributed by atoms with Crippen LogP contribution in [0.15, 0.2) is 18.3 Å². The van der Waals surface area contributed by atoms with E-state index >= 15 is 0 Å². The van der Waals surface area contributed by atoms with E-state index in [0.29, 0.717) is 11.6 Å². The SMILES string of the molecule is O=C(O)c1ccnc(CCNC2CC2)c1. The zero-order chi connectivity index (χ0) is 10.7. The minimum absolute atomic E-state index is 0.312. The van der Waals surface area contributed by atoms with E-state index in [1.165, 1.54) is 18.9 Å². The number of hydrogen-bond donors (Lipinski definition) is 2. The molecule has 1 aliphatic carbocycles. The van der Waals surface area contributed by atoms with Gasteiger partial charge >= 0.3 is 5.97 Å². The number of carboxylic acid groups (broad SMARTS) is 1. The van der Waals surface area contributed by atoms with Crippen LogP contribution in [0.1, 0.15) is 28.9 Å². The van der Waals surface area contributed by atoms with Crippen molar-refractivity contribution in [3.8, 4) is 0 Å². The van der Waals surface area contributed by atoms with Gasteiger partial charge in [-0.1, -0.05) is 0 Å². The molecule has 0 atom stereocenters. The van der Waals surface area contributed by atoms with Crippen LogP contribution >= 0.6 is 0 Å². The molecule has 1 aromatic rings. The Balaban J connectivity index is 1.88. The number of hydrogen-bond acceptors (Lipinski definition) is 3. The molecule has 2 rings (SSSR count). The summed E-state index contributed by atoms with van der Waals surface area (Å²) in [4.78, 5) is 14.8. The van der Waals surface area contributed by atoms with Crippen LogP contribution in [0.3, 0.4) is 0 Å². The Bertz CT molecular complexity index is 361. The minimum atomic E-state index is -0.895. The van der Waals surface area contributed by atoms with Gasteiger partial charge in [0, 0.05) is 30.9 Å². The molecule has 0 amide bonds. The first-order valence-electron chi connectivity index (χ1n) is 5.17. The summed E-state index contributed by atoms with van der Waals surface area (Å²) in [6.07, 6.45) is 4.87. The number of carbonyl (C=O) groups is 1. The molecular weight excluding hydrogens is 192 g/mol. The van der Waals surface area contributed by atoms with Gasteiger partial charge < -0.3 is 10.4 Å². The highest BCUT2D eigenvalue weighted by Gasteiger charge is 2.19. The third-order valence-electron chi connectivity index (χ3n) is 2.46. The molecule has 1 aliphatic rings. The predicted octanol–water partition coefficient (Wildman–Crippen LogP) is 1.07. The van der Waals surface area contributed by atoms with Crippen LogP contribution in [0.2, 0.25) is 0 Å². The molecule has 0 bridgehead atoms. The van der Waals surface area contributed by atoms with Crippen molar-refractivity contribution in [3.63, 3.8) is 0 Å². The van der Waals surface area contributed by atoms with Gasteiger partial charge in [-0.15, -0.1) is 0 Å². The van der Waals surface area contributed by atoms with Crippen molar-refractivity contribution in [2.45, 2.75) is 25.3 Å². The average molecular weight is 206 g/mol. The van der Waals surface area contributed by atoms with Gasteiger partial charge in [-0.3, -0.25) is 4.98 Å². The molecule has 80 valence electrons. The van der Waals surface area contributed by atoms with E-state index in [4.69, 9.17) is 5.11 Å². The topological polar surface area (TPSA) is 62.2 Å². The summed E-state index contributed by atoms with van der Waals surface area (Å²) < 4.78 is 0. The lowest BCUT2D eigenvalue weighted by Crippen LogP contribution is -2.19. The van der Waals surface area contributed by atoms with Gasteiger partial charge in [0.1, 0.15) is 0 Å². The summed E-state index contributed by atoms with van der Waals surface area (Å²) in [6, 6.07) is 3.84. The monoisotopic (exact) mass is 206 g/mol. The van der Waals surface area contributed by atoms with Crippen molar-refractivity contribution in [3.05, 3.63) is 29.6 Å². The second kappa shape index (κ2) is 4.40. The van der Waals surface area contributed by atoms with Gasteiger partial charge in [0.25, 0.3) is 0 Å². The molecule has 1 heterocycles. The lowest BCUT2D eigenvalue weighted by Gasteiger charge is -2.02. The fraction of sp³-hybridized carbons (Fsp3) is 0.455. The fourth-order valence-corrected chi connectivity index (χ4v) is 1.44. The van der Waals surface area contributed by atoms with Crippen molar-refractivity contribution in [1.29, 1.82) is 0 Å². The molecule has 4 nitrogen and oxygen atoms in total. The second-order valence-electron chi connectivity index (χ2n) is 3.82. The van der Waals surface area contributed by atoms with Crippen molar-refractivity contribution in [2.24, 2.45) is 0 Å². The normalized spacial score (nSPS) is 15.2. The van der Waals surface area contributed by atoms with Crippen molar-refractivity contribution in [1.82, 2.24) is 10.3 Å². The number of carboxylic acids is 1. The Hall–Kier alpha value is -1.42. The summed E-state index contributed by atoms with van der Waals surface area (Å²) >= 11 is 0. The first-order valence-corrected chi connectivity index (χ1v) is 5.17. The standard InChI is InChI=1S/C11H14N2O2/c14-11(15)8-3-5-13-10(7-8)4-6-12-9-1-2-9/h3,5,7,9,12H,1-2,4,6H2,(H,14,15). The molecule has 2 N–H and O–H groups in total. The first-order chi connectivity index (χ1) is 7.25. The van der Waals surface area contributed by atoms with E-state index in [2.05, 4.69) is 10.3 Å². The van der Waals surface area contributed by atoms with Crippen LogP contribution < -0.4 is 5.32 Å². The maximum Gasteiger partial charge on any atom is 0.335 e. The number of aromatic carboxylic acids is 1. The molecule has 0 radical (unpaired) electrons. The van der Waals surface area contributed by atoms with E-state index in [1.54, 1.807) is 12.3 Å². The van der Waals surface area contributed by atoms with Crippen LogP contribution in [0.5, 0.6) is 0 Å². The van der Waals surface area contributed by atoms with Gasteiger partial charge in [0.05, 0.1) is 5.56 Å². The second-order valence-corrected chi connectivity index (χ2v) is 3.82. The lowest BCUT2D eigenvalue weighted by atomic mass is 10.2.